The number of fused-ring (bicyclic) bond motifs is 6. The van der Waals surface area contributed by atoms with E-state index in [1.54, 1.807) is 0 Å². The van der Waals surface area contributed by atoms with Crippen LogP contribution in [0.2, 0.25) is 0 Å². The van der Waals surface area contributed by atoms with Crippen molar-refractivity contribution in [2.24, 2.45) is 10.2 Å². The van der Waals surface area contributed by atoms with Crippen LogP contribution in [0.15, 0.2) is 139 Å². The largest absolute Gasteiger partial charge is 0.500 e. The molecular formula is C57H70N6O2. The number of ether oxygens (including phenoxy) is 2. The van der Waals surface area contributed by atoms with Gasteiger partial charge in [0.25, 0.3) is 0 Å². The summed E-state index contributed by atoms with van der Waals surface area (Å²) >= 11 is 0. The van der Waals surface area contributed by atoms with Crippen LogP contribution in [0, 0.1) is 0 Å². The maximum absolute atomic E-state index is 5.70. The normalized spacial score (nSPS) is 11.8. The number of hydrogen-bond donors (Lipinski definition) is 0. The van der Waals surface area contributed by atoms with Crippen molar-refractivity contribution in [3.05, 3.63) is 146 Å². The molecule has 0 aliphatic carbocycles. The summed E-state index contributed by atoms with van der Waals surface area (Å²) in [5.41, 5.74) is 10.9. The molecule has 65 heavy (non-hydrogen) atoms. The predicted molar refractivity (Wildman–Crippen MR) is 279 cm³/mol. The van der Waals surface area contributed by atoms with Gasteiger partial charge in [0.15, 0.2) is 0 Å². The third-order valence-corrected chi connectivity index (χ3v) is 12.5. The summed E-state index contributed by atoms with van der Waals surface area (Å²) in [6.07, 6.45) is 21.2. The minimum atomic E-state index is 0.466. The minimum absolute atomic E-state index is 0.466. The summed E-state index contributed by atoms with van der Waals surface area (Å²) in [6, 6.07) is 36.8. The quantitative estimate of drug-likeness (QED) is 0.0213. The van der Waals surface area contributed by atoms with Crippen molar-refractivity contribution in [2.45, 2.75) is 111 Å². The molecule has 0 radical (unpaired) electrons. The van der Waals surface area contributed by atoms with Gasteiger partial charge in [-0.2, -0.15) is 10.2 Å². The molecule has 0 unspecified atom stereocenters. The van der Waals surface area contributed by atoms with E-state index in [0.29, 0.717) is 26.3 Å². The second-order valence-electron chi connectivity index (χ2n) is 17.0. The SMILES string of the molecule is C=COCCN(/N=C/c1ccc2c(c1)c1c(/C=N/N(CCOC=C)c3ccccc3)c3c(c(CCCCC)c1n2CCCCCC)c1ccccc1n3CCCCCC)c1ccccc1. The molecule has 0 saturated heterocycles. The lowest BCUT2D eigenvalue weighted by molar-refractivity contribution is 0.258. The fourth-order valence-electron chi connectivity index (χ4n) is 9.36. The molecule has 5 aromatic carbocycles. The van der Waals surface area contributed by atoms with Crippen LogP contribution < -0.4 is 10.0 Å². The van der Waals surface area contributed by atoms with Crippen LogP contribution in [0.4, 0.5) is 11.4 Å². The lowest BCUT2D eigenvalue weighted by Gasteiger charge is -2.20. The van der Waals surface area contributed by atoms with Gasteiger partial charge in [-0.25, -0.2) is 0 Å². The highest BCUT2D eigenvalue weighted by atomic mass is 16.5. The topological polar surface area (TPSA) is 59.5 Å². The van der Waals surface area contributed by atoms with Crippen molar-refractivity contribution >= 4 is 67.4 Å². The fourth-order valence-corrected chi connectivity index (χ4v) is 9.36. The zero-order valence-electron chi connectivity index (χ0n) is 39.3. The van der Waals surface area contributed by atoms with Gasteiger partial charge in [-0.1, -0.05) is 146 Å². The third kappa shape index (κ3) is 11.2. The molecule has 0 bridgehead atoms. The highest BCUT2D eigenvalue weighted by molar-refractivity contribution is 6.27. The average Bonchev–Trinajstić information content (AvgIpc) is 3.84. The van der Waals surface area contributed by atoms with Gasteiger partial charge in [-0.3, -0.25) is 10.0 Å². The second kappa shape index (κ2) is 24.1. The molecule has 2 aromatic heterocycles. The summed E-state index contributed by atoms with van der Waals surface area (Å²) in [5.74, 6) is 0. The summed E-state index contributed by atoms with van der Waals surface area (Å²) in [4.78, 5) is 0. The van der Waals surface area contributed by atoms with Crippen molar-refractivity contribution in [3.8, 4) is 0 Å². The number of hydrazone groups is 2. The first-order chi connectivity index (χ1) is 32.1. The number of hydrogen-bond acceptors (Lipinski definition) is 6. The van der Waals surface area contributed by atoms with E-state index >= 15 is 0 Å². The van der Waals surface area contributed by atoms with Crippen molar-refractivity contribution in [1.29, 1.82) is 0 Å². The first-order valence-electron chi connectivity index (χ1n) is 24.3. The van der Waals surface area contributed by atoms with E-state index in [9.17, 15) is 0 Å². The van der Waals surface area contributed by atoms with E-state index < -0.39 is 0 Å². The molecule has 0 saturated carbocycles. The lowest BCUT2D eigenvalue weighted by atomic mass is 9.93. The lowest BCUT2D eigenvalue weighted by Crippen LogP contribution is -2.21. The van der Waals surface area contributed by atoms with Crippen molar-refractivity contribution < 1.29 is 9.47 Å². The Bertz CT molecular complexity index is 2660. The molecule has 8 heteroatoms. The maximum Gasteiger partial charge on any atom is 0.107 e. The molecule has 2 heterocycles. The number of unbranched alkanes of at least 4 members (excludes halogenated alkanes) is 8. The molecule has 0 aliphatic rings. The van der Waals surface area contributed by atoms with Crippen molar-refractivity contribution in [3.63, 3.8) is 0 Å². The second-order valence-corrected chi connectivity index (χ2v) is 17.0. The Morgan fingerprint density at radius 1 is 0.538 bits per heavy atom. The van der Waals surface area contributed by atoms with Gasteiger partial charge in [0, 0.05) is 51.2 Å². The molecule has 7 rings (SSSR count). The number of anilines is 2. The van der Waals surface area contributed by atoms with E-state index in [1.165, 1.54) is 113 Å². The standard InChI is InChI=1S/C57H70N6O2/c1-6-11-14-25-36-60-52-33-24-23-31-48(52)54-49(32-18-13-8-3)56-55(51(57(54)60)44-59-63(39-41-65-10-5)47-29-21-17-22-30-47)50-42-45(34-35-53(50)61(56)37-26-15-12-7-2)43-58-62(38-40-64-9-4)46-27-19-16-20-28-46/h9-10,16-17,19-24,27-31,33-35,42-44H,4-8,11-15,18,25-26,32,36-41H2,1-3H3/b58-43+,59-44+. The Labute approximate surface area is 387 Å². The first kappa shape index (κ1) is 46.7. The molecule has 0 fully saturated rings. The maximum atomic E-state index is 5.70. The molecule has 8 nitrogen and oxygen atoms in total. The Kier molecular flexibility index (Phi) is 17.3. The van der Waals surface area contributed by atoms with Gasteiger partial charge >= 0.3 is 0 Å². The van der Waals surface area contributed by atoms with Crippen LogP contribution in [-0.2, 0) is 29.0 Å². The van der Waals surface area contributed by atoms with Crippen LogP contribution in [0.3, 0.4) is 0 Å². The Morgan fingerprint density at radius 3 is 1.68 bits per heavy atom. The van der Waals surface area contributed by atoms with E-state index in [4.69, 9.17) is 19.7 Å². The summed E-state index contributed by atoms with van der Waals surface area (Å²) in [6.45, 7) is 18.5. The van der Waals surface area contributed by atoms with E-state index in [2.05, 4.69) is 139 Å². The molecule has 0 amide bonds. The van der Waals surface area contributed by atoms with Crippen LogP contribution in [0.25, 0.3) is 43.6 Å². The fraction of sp³-hybridized carbons (Fsp3) is 0.368. The minimum Gasteiger partial charge on any atom is -0.500 e. The van der Waals surface area contributed by atoms with Crippen LogP contribution in [0.1, 0.15) is 108 Å². The molecule has 0 spiro atoms. The summed E-state index contributed by atoms with van der Waals surface area (Å²) in [7, 11) is 0. The molecule has 0 atom stereocenters. The molecule has 0 aliphatic heterocycles. The van der Waals surface area contributed by atoms with Gasteiger partial charge in [-0.05, 0) is 79.3 Å². The average molecular weight is 871 g/mol. The summed E-state index contributed by atoms with van der Waals surface area (Å²) in [5, 5.41) is 19.8. The van der Waals surface area contributed by atoms with E-state index in [-0.39, 0.29) is 0 Å². The zero-order chi connectivity index (χ0) is 45.2. The van der Waals surface area contributed by atoms with E-state index in [1.807, 2.05) is 29.4 Å². The number of benzene rings is 5. The molecule has 340 valence electrons. The van der Waals surface area contributed by atoms with Gasteiger partial charge in [0.1, 0.15) is 13.2 Å². The predicted octanol–water partition coefficient (Wildman–Crippen LogP) is 14.8. The van der Waals surface area contributed by atoms with Crippen LogP contribution >= 0.6 is 0 Å². The number of aromatic nitrogens is 2. The highest BCUT2D eigenvalue weighted by Gasteiger charge is 2.26. The Hall–Kier alpha value is -6.28. The molecular weight excluding hydrogens is 801 g/mol. The van der Waals surface area contributed by atoms with Gasteiger partial charge in [0.05, 0.1) is 60.5 Å². The number of para-hydroxylation sites is 3. The Balaban J connectivity index is 1.56. The number of aryl methyl sites for hydroxylation is 3. The number of nitrogens with zero attached hydrogens (tertiary/aromatic N) is 6. The zero-order valence-corrected chi connectivity index (χ0v) is 39.3. The first-order valence-corrected chi connectivity index (χ1v) is 24.3. The van der Waals surface area contributed by atoms with Gasteiger partial charge in [0.2, 0.25) is 0 Å². The summed E-state index contributed by atoms with van der Waals surface area (Å²) < 4.78 is 16.6. The molecule has 7 aromatic rings. The van der Waals surface area contributed by atoms with E-state index in [0.717, 1.165) is 61.3 Å². The van der Waals surface area contributed by atoms with Gasteiger partial charge in [-0.15, -0.1) is 0 Å². The van der Waals surface area contributed by atoms with Crippen LogP contribution in [0.5, 0.6) is 0 Å². The Morgan fingerprint density at radius 2 is 1.08 bits per heavy atom. The van der Waals surface area contributed by atoms with Gasteiger partial charge < -0.3 is 18.6 Å². The monoisotopic (exact) mass is 871 g/mol. The smallest absolute Gasteiger partial charge is 0.107 e. The van der Waals surface area contributed by atoms with Crippen molar-refractivity contribution in [2.75, 3.05) is 36.3 Å². The number of rotatable bonds is 28. The molecule has 0 N–H and O–H groups in total. The highest BCUT2D eigenvalue weighted by Crippen LogP contribution is 2.44. The van der Waals surface area contributed by atoms with Crippen molar-refractivity contribution in [1.82, 2.24) is 9.13 Å². The van der Waals surface area contributed by atoms with Crippen LogP contribution in [-0.4, -0.2) is 47.9 Å². The third-order valence-electron chi connectivity index (χ3n) is 12.5.